The Bertz CT molecular complexity index is 187. The molecule has 3 nitrogen and oxygen atoms in total. The Morgan fingerprint density at radius 3 is 2.73 bits per heavy atom. The van der Waals surface area contributed by atoms with Gasteiger partial charge in [0.25, 0.3) is 0 Å². The topological polar surface area (TPSA) is 38.3 Å². The summed E-state index contributed by atoms with van der Waals surface area (Å²) >= 11 is 0. The Balaban J connectivity index is 1.94. The molecule has 1 unspecified atom stereocenters. The fourth-order valence-corrected chi connectivity index (χ4v) is 1.80. The summed E-state index contributed by atoms with van der Waals surface area (Å²) in [4.78, 5) is 11.0. The van der Waals surface area contributed by atoms with E-state index in [1.807, 2.05) is 0 Å². The van der Waals surface area contributed by atoms with Crippen molar-refractivity contribution in [3.63, 3.8) is 0 Å². The van der Waals surface area contributed by atoms with Gasteiger partial charge in [-0.05, 0) is 25.7 Å². The maximum absolute atomic E-state index is 11.0. The largest absolute Gasteiger partial charge is 0.468 e. The molecule has 0 bridgehead atoms. The second kappa shape index (κ2) is 2.21. The van der Waals surface area contributed by atoms with E-state index in [1.165, 1.54) is 20.0 Å². The van der Waals surface area contributed by atoms with Crippen LogP contribution in [0.25, 0.3) is 0 Å². The fourth-order valence-electron chi connectivity index (χ4n) is 1.80. The molecule has 0 aromatic carbocycles. The molecule has 11 heavy (non-hydrogen) atoms. The number of hydrogen-bond acceptors (Lipinski definition) is 3. The third-order valence-electron chi connectivity index (χ3n) is 2.73. The molecule has 1 N–H and O–H groups in total. The molecule has 0 radical (unpaired) electrons. The Labute approximate surface area is 66.1 Å². The van der Waals surface area contributed by atoms with Crippen molar-refractivity contribution < 1.29 is 9.53 Å². The van der Waals surface area contributed by atoms with Crippen LogP contribution in [0.5, 0.6) is 0 Å². The molecule has 2 rings (SSSR count). The van der Waals surface area contributed by atoms with Crippen LogP contribution in [0.2, 0.25) is 0 Å². The number of rotatable bonds is 1. The number of nitrogens with one attached hydrogen (secondary N) is 1. The Morgan fingerprint density at radius 1 is 1.55 bits per heavy atom. The van der Waals surface area contributed by atoms with Crippen LogP contribution < -0.4 is 5.32 Å². The molecule has 0 amide bonds. The molecule has 3 heteroatoms. The highest BCUT2D eigenvalue weighted by atomic mass is 16.5. The Hall–Kier alpha value is -0.570. The van der Waals surface area contributed by atoms with Crippen molar-refractivity contribution in [2.24, 2.45) is 0 Å². The predicted octanol–water partition coefficient (Wildman–Crippen LogP) is 0.444. The number of ether oxygens (including phenoxy) is 1. The van der Waals surface area contributed by atoms with Gasteiger partial charge in [-0.15, -0.1) is 0 Å². The molecule has 1 saturated carbocycles. The minimum atomic E-state index is -0.103. The van der Waals surface area contributed by atoms with E-state index in [1.54, 1.807) is 0 Å². The van der Waals surface area contributed by atoms with Gasteiger partial charge in [0.05, 0.1) is 7.11 Å². The monoisotopic (exact) mass is 155 g/mol. The zero-order chi connectivity index (χ0) is 7.90. The highest BCUT2D eigenvalue weighted by Gasteiger charge is 2.49. The van der Waals surface area contributed by atoms with Crippen LogP contribution in [0, 0.1) is 0 Å². The first-order valence-electron chi connectivity index (χ1n) is 4.11. The van der Waals surface area contributed by atoms with E-state index < -0.39 is 0 Å². The molecule has 1 aliphatic heterocycles. The lowest BCUT2D eigenvalue weighted by molar-refractivity contribution is -0.142. The molecular weight excluding hydrogens is 142 g/mol. The zero-order valence-electron chi connectivity index (χ0n) is 6.72. The summed E-state index contributed by atoms with van der Waals surface area (Å²) < 4.78 is 4.65. The van der Waals surface area contributed by atoms with Crippen molar-refractivity contribution in [3.8, 4) is 0 Å². The maximum atomic E-state index is 11.0. The van der Waals surface area contributed by atoms with Gasteiger partial charge in [-0.25, -0.2) is 0 Å². The van der Waals surface area contributed by atoms with Crippen LogP contribution in [-0.2, 0) is 9.53 Å². The number of carbonyl (C=O) groups excluding carboxylic acids is 1. The molecule has 0 aromatic rings. The van der Waals surface area contributed by atoms with Crippen molar-refractivity contribution in [1.82, 2.24) is 5.32 Å². The summed E-state index contributed by atoms with van der Waals surface area (Å²) in [5.74, 6) is -0.103. The summed E-state index contributed by atoms with van der Waals surface area (Å²) in [7, 11) is 1.45. The average Bonchev–Trinajstić information content (AvgIpc) is 2.61. The van der Waals surface area contributed by atoms with E-state index >= 15 is 0 Å². The minimum absolute atomic E-state index is 0.0255. The van der Waals surface area contributed by atoms with Gasteiger partial charge in [0.15, 0.2) is 0 Å². The lowest BCUT2D eigenvalue weighted by Crippen LogP contribution is -2.37. The zero-order valence-corrected chi connectivity index (χ0v) is 6.72. The van der Waals surface area contributed by atoms with Gasteiger partial charge in [-0.3, -0.25) is 10.1 Å². The van der Waals surface area contributed by atoms with E-state index in [9.17, 15) is 4.79 Å². The van der Waals surface area contributed by atoms with Crippen molar-refractivity contribution in [1.29, 1.82) is 0 Å². The molecule has 1 heterocycles. The molecule has 1 atom stereocenters. The first-order valence-corrected chi connectivity index (χ1v) is 4.11. The van der Waals surface area contributed by atoms with Crippen LogP contribution in [0.15, 0.2) is 0 Å². The molecule has 62 valence electrons. The molecule has 1 aliphatic carbocycles. The second-order valence-corrected chi connectivity index (χ2v) is 3.54. The van der Waals surface area contributed by atoms with Crippen LogP contribution in [0.1, 0.15) is 25.7 Å². The molecule has 2 aliphatic rings. The third kappa shape index (κ3) is 1.13. The summed E-state index contributed by atoms with van der Waals surface area (Å²) in [5, 5.41) is 3.32. The highest BCUT2D eigenvalue weighted by Crippen LogP contribution is 2.44. The van der Waals surface area contributed by atoms with Crippen LogP contribution >= 0.6 is 0 Å². The van der Waals surface area contributed by atoms with Crippen molar-refractivity contribution in [3.05, 3.63) is 0 Å². The second-order valence-electron chi connectivity index (χ2n) is 3.54. The van der Waals surface area contributed by atoms with E-state index in [2.05, 4.69) is 10.1 Å². The Kier molecular flexibility index (Phi) is 1.42. The van der Waals surface area contributed by atoms with E-state index in [0.29, 0.717) is 5.54 Å². The smallest absolute Gasteiger partial charge is 0.322 e. The van der Waals surface area contributed by atoms with E-state index in [-0.39, 0.29) is 12.0 Å². The maximum Gasteiger partial charge on any atom is 0.322 e. The SMILES string of the molecule is COC(=O)C1CCC2(CC2)N1. The summed E-state index contributed by atoms with van der Waals surface area (Å²) in [6, 6.07) is -0.0255. The lowest BCUT2D eigenvalue weighted by Gasteiger charge is -2.09. The van der Waals surface area contributed by atoms with Crippen molar-refractivity contribution in [2.45, 2.75) is 37.3 Å². The highest BCUT2D eigenvalue weighted by molar-refractivity contribution is 5.76. The van der Waals surface area contributed by atoms with Gasteiger partial charge in [0, 0.05) is 5.54 Å². The molecule has 2 fully saturated rings. The molecule has 1 spiro atoms. The first-order chi connectivity index (χ1) is 5.26. The van der Waals surface area contributed by atoms with Gasteiger partial charge in [-0.2, -0.15) is 0 Å². The number of hydrogen-bond donors (Lipinski definition) is 1. The van der Waals surface area contributed by atoms with Crippen molar-refractivity contribution in [2.75, 3.05) is 7.11 Å². The third-order valence-corrected chi connectivity index (χ3v) is 2.73. The lowest BCUT2D eigenvalue weighted by atomic mass is 10.2. The predicted molar refractivity (Wildman–Crippen MR) is 40.1 cm³/mol. The van der Waals surface area contributed by atoms with Crippen LogP contribution in [0.3, 0.4) is 0 Å². The van der Waals surface area contributed by atoms with Gasteiger partial charge in [-0.1, -0.05) is 0 Å². The summed E-state index contributed by atoms with van der Waals surface area (Å²) in [6.07, 6.45) is 4.57. The van der Waals surface area contributed by atoms with Gasteiger partial charge in [0.1, 0.15) is 6.04 Å². The number of methoxy groups -OCH3 is 1. The fraction of sp³-hybridized carbons (Fsp3) is 0.875. The van der Waals surface area contributed by atoms with Gasteiger partial charge >= 0.3 is 5.97 Å². The quantitative estimate of drug-likeness (QED) is 0.558. The summed E-state index contributed by atoms with van der Waals surface area (Å²) in [5.41, 5.74) is 0.346. The normalized spacial score (nSPS) is 32.3. The van der Waals surface area contributed by atoms with Crippen LogP contribution in [-0.4, -0.2) is 24.7 Å². The minimum Gasteiger partial charge on any atom is -0.468 e. The van der Waals surface area contributed by atoms with E-state index in [4.69, 9.17) is 0 Å². The first kappa shape index (κ1) is 7.10. The summed E-state index contributed by atoms with van der Waals surface area (Å²) in [6.45, 7) is 0. The van der Waals surface area contributed by atoms with Gasteiger partial charge in [0.2, 0.25) is 0 Å². The van der Waals surface area contributed by atoms with Crippen molar-refractivity contribution >= 4 is 5.97 Å². The van der Waals surface area contributed by atoms with E-state index in [0.717, 1.165) is 12.8 Å². The van der Waals surface area contributed by atoms with Gasteiger partial charge < -0.3 is 4.74 Å². The number of esters is 1. The van der Waals surface area contributed by atoms with Crippen LogP contribution in [0.4, 0.5) is 0 Å². The molecule has 1 saturated heterocycles. The standard InChI is InChI=1S/C8H13NO2/c1-11-7(10)6-2-3-8(9-6)4-5-8/h6,9H,2-5H2,1H3. The Morgan fingerprint density at radius 2 is 2.27 bits per heavy atom. The molecular formula is C8H13NO2. The average molecular weight is 155 g/mol. The number of carbonyl (C=O) groups is 1. The molecule has 0 aromatic heterocycles.